The molecule has 1 aromatic carbocycles. The smallest absolute Gasteiger partial charge is 0.307 e. The number of carbonyl (C=O) groups is 1. The van der Waals surface area contributed by atoms with Crippen LogP contribution in [0.3, 0.4) is 0 Å². The topological polar surface area (TPSA) is 38.3 Å². The van der Waals surface area contributed by atoms with Crippen LogP contribution in [-0.2, 0) is 9.53 Å². The minimum Gasteiger partial charge on any atom is -0.469 e. The van der Waals surface area contributed by atoms with E-state index in [4.69, 9.17) is 11.6 Å². The predicted octanol–water partition coefficient (Wildman–Crippen LogP) is 3.61. The fraction of sp³-hybridized carbons (Fsp3) is 0.364. The van der Waals surface area contributed by atoms with Crippen molar-refractivity contribution >= 4 is 39.2 Å². The fourth-order valence-electron chi connectivity index (χ4n) is 1.31. The first-order chi connectivity index (χ1) is 7.93. The van der Waals surface area contributed by atoms with E-state index in [0.29, 0.717) is 10.2 Å². The summed E-state index contributed by atoms with van der Waals surface area (Å²) in [6.07, 6.45) is 0.205. The van der Waals surface area contributed by atoms with Crippen molar-refractivity contribution < 1.29 is 13.9 Å². The Morgan fingerprint density at radius 1 is 1.65 bits per heavy atom. The predicted molar refractivity (Wildman–Crippen MR) is 68.8 cm³/mol. The Morgan fingerprint density at radius 3 is 2.82 bits per heavy atom. The second-order valence-corrected chi connectivity index (χ2v) is 4.83. The lowest BCUT2D eigenvalue weighted by Gasteiger charge is -2.16. The van der Waals surface area contributed by atoms with E-state index >= 15 is 0 Å². The second-order valence-electron chi connectivity index (χ2n) is 3.57. The molecule has 0 heterocycles. The molecule has 0 spiro atoms. The lowest BCUT2D eigenvalue weighted by atomic mass is 10.2. The molecule has 0 aliphatic heterocycles. The molecule has 3 nitrogen and oxygen atoms in total. The van der Waals surface area contributed by atoms with Gasteiger partial charge in [-0.1, -0.05) is 11.6 Å². The molecule has 0 aliphatic rings. The largest absolute Gasteiger partial charge is 0.469 e. The van der Waals surface area contributed by atoms with Crippen LogP contribution in [0.4, 0.5) is 10.1 Å². The third kappa shape index (κ3) is 4.16. The summed E-state index contributed by atoms with van der Waals surface area (Å²) in [5.41, 5.74) is 0.560. The number of rotatable bonds is 4. The number of halogens is 3. The van der Waals surface area contributed by atoms with Gasteiger partial charge in [-0.25, -0.2) is 4.39 Å². The van der Waals surface area contributed by atoms with E-state index in [9.17, 15) is 9.18 Å². The number of carbonyl (C=O) groups excluding carboxylic acids is 1. The van der Waals surface area contributed by atoms with E-state index in [1.165, 1.54) is 19.2 Å². The molecule has 1 aromatic rings. The Morgan fingerprint density at radius 2 is 2.29 bits per heavy atom. The van der Waals surface area contributed by atoms with E-state index in [1.807, 2.05) is 6.92 Å². The Kier molecular flexibility index (Phi) is 5.21. The molecular formula is C11H12BrClFNO2. The summed E-state index contributed by atoms with van der Waals surface area (Å²) < 4.78 is 18.1. The summed E-state index contributed by atoms with van der Waals surface area (Å²) in [7, 11) is 1.33. The van der Waals surface area contributed by atoms with E-state index in [1.54, 1.807) is 0 Å². The lowest BCUT2D eigenvalue weighted by Crippen LogP contribution is -2.20. The normalized spacial score (nSPS) is 12.1. The van der Waals surface area contributed by atoms with Crippen molar-refractivity contribution in [2.24, 2.45) is 0 Å². The number of esters is 1. The van der Waals surface area contributed by atoms with E-state index in [-0.39, 0.29) is 23.5 Å². The van der Waals surface area contributed by atoms with Crippen LogP contribution in [0, 0.1) is 5.82 Å². The molecule has 17 heavy (non-hydrogen) atoms. The van der Waals surface area contributed by atoms with Gasteiger partial charge in [0.1, 0.15) is 5.82 Å². The molecule has 0 amide bonds. The molecule has 1 atom stereocenters. The molecule has 0 aromatic heterocycles. The van der Waals surface area contributed by atoms with Gasteiger partial charge in [0.15, 0.2) is 0 Å². The third-order valence-electron chi connectivity index (χ3n) is 2.10. The quantitative estimate of drug-likeness (QED) is 0.860. The number of methoxy groups -OCH3 is 1. The van der Waals surface area contributed by atoms with Crippen molar-refractivity contribution in [1.82, 2.24) is 0 Å². The third-order valence-corrected chi connectivity index (χ3v) is 3.02. The zero-order valence-corrected chi connectivity index (χ0v) is 11.7. The van der Waals surface area contributed by atoms with Crippen LogP contribution in [0.25, 0.3) is 0 Å². The highest BCUT2D eigenvalue weighted by atomic mass is 79.9. The summed E-state index contributed by atoms with van der Waals surface area (Å²) in [6.45, 7) is 1.81. The SMILES string of the molecule is COC(=O)CC(C)Nc1c(Cl)cc(F)cc1Br. The highest BCUT2D eigenvalue weighted by Gasteiger charge is 2.13. The van der Waals surface area contributed by atoms with Crippen molar-refractivity contribution in [1.29, 1.82) is 0 Å². The van der Waals surface area contributed by atoms with Crippen LogP contribution in [0.2, 0.25) is 5.02 Å². The van der Waals surface area contributed by atoms with E-state index < -0.39 is 5.82 Å². The molecule has 0 bridgehead atoms. The Balaban J connectivity index is 2.78. The molecule has 0 radical (unpaired) electrons. The summed E-state index contributed by atoms with van der Waals surface area (Å²) in [5, 5.41) is 3.28. The molecule has 0 saturated carbocycles. The summed E-state index contributed by atoms with van der Waals surface area (Å²) >= 11 is 9.11. The van der Waals surface area contributed by atoms with Gasteiger partial charge in [-0.3, -0.25) is 4.79 Å². The van der Waals surface area contributed by atoms with Gasteiger partial charge in [0.05, 0.1) is 24.2 Å². The number of ether oxygens (including phenoxy) is 1. The van der Waals surface area contributed by atoms with Gasteiger partial charge in [-0.15, -0.1) is 0 Å². The van der Waals surface area contributed by atoms with Gasteiger partial charge in [-0.2, -0.15) is 0 Å². The molecule has 1 N–H and O–H groups in total. The molecule has 0 fully saturated rings. The summed E-state index contributed by atoms with van der Waals surface area (Å²) in [6, 6.07) is 2.35. The monoisotopic (exact) mass is 323 g/mol. The second kappa shape index (κ2) is 6.21. The van der Waals surface area contributed by atoms with Crippen molar-refractivity contribution in [2.45, 2.75) is 19.4 Å². The zero-order chi connectivity index (χ0) is 13.0. The fourth-order valence-corrected chi connectivity index (χ4v) is 2.23. The maximum absolute atomic E-state index is 13.0. The minimum atomic E-state index is -0.423. The Labute approximate surface area is 112 Å². The highest BCUT2D eigenvalue weighted by Crippen LogP contribution is 2.32. The molecule has 0 saturated heterocycles. The Hall–Kier alpha value is -0.810. The van der Waals surface area contributed by atoms with Crippen LogP contribution in [0.1, 0.15) is 13.3 Å². The van der Waals surface area contributed by atoms with E-state index in [2.05, 4.69) is 26.0 Å². The van der Waals surface area contributed by atoms with Gasteiger partial charge in [0.2, 0.25) is 0 Å². The maximum Gasteiger partial charge on any atom is 0.307 e. The first-order valence-electron chi connectivity index (χ1n) is 4.92. The van der Waals surface area contributed by atoms with E-state index in [0.717, 1.165) is 0 Å². The summed E-state index contributed by atoms with van der Waals surface area (Å²) in [4.78, 5) is 11.1. The van der Waals surface area contributed by atoms with Crippen LogP contribution < -0.4 is 5.32 Å². The van der Waals surface area contributed by atoms with Gasteiger partial charge in [-0.05, 0) is 35.0 Å². The van der Waals surface area contributed by atoms with Crippen LogP contribution in [0.15, 0.2) is 16.6 Å². The number of hydrogen-bond acceptors (Lipinski definition) is 3. The van der Waals surface area contributed by atoms with Crippen molar-refractivity contribution in [2.75, 3.05) is 12.4 Å². The maximum atomic E-state index is 13.0. The minimum absolute atomic E-state index is 0.165. The number of anilines is 1. The highest BCUT2D eigenvalue weighted by molar-refractivity contribution is 9.10. The van der Waals surface area contributed by atoms with Gasteiger partial charge in [0.25, 0.3) is 0 Å². The van der Waals surface area contributed by atoms with Gasteiger partial charge >= 0.3 is 5.97 Å². The average Bonchev–Trinajstić information content (AvgIpc) is 2.23. The van der Waals surface area contributed by atoms with Crippen molar-refractivity contribution in [3.05, 3.63) is 27.4 Å². The number of hydrogen-bond donors (Lipinski definition) is 1. The first kappa shape index (κ1) is 14.3. The first-order valence-corrected chi connectivity index (χ1v) is 6.09. The lowest BCUT2D eigenvalue weighted by molar-refractivity contribution is -0.140. The molecule has 94 valence electrons. The Bertz CT molecular complexity index is 405. The number of nitrogens with one attached hydrogen (secondary N) is 1. The number of benzene rings is 1. The molecule has 0 aliphatic carbocycles. The molecular weight excluding hydrogens is 312 g/mol. The van der Waals surface area contributed by atoms with Crippen LogP contribution in [0.5, 0.6) is 0 Å². The van der Waals surface area contributed by atoms with Crippen molar-refractivity contribution in [3.8, 4) is 0 Å². The van der Waals surface area contributed by atoms with Crippen molar-refractivity contribution in [3.63, 3.8) is 0 Å². The molecule has 1 unspecified atom stereocenters. The van der Waals surface area contributed by atoms with Gasteiger partial charge < -0.3 is 10.1 Å². The van der Waals surface area contributed by atoms with Gasteiger partial charge in [0, 0.05) is 10.5 Å². The average molecular weight is 325 g/mol. The molecule has 6 heteroatoms. The molecule has 1 rings (SSSR count). The zero-order valence-electron chi connectivity index (χ0n) is 9.39. The van der Waals surface area contributed by atoms with Crippen LogP contribution >= 0.6 is 27.5 Å². The standard InChI is InChI=1S/C11H12BrClFNO2/c1-6(3-10(16)17-2)15-11-8(12)4-7(14)5-9(11)13/h4-6,15H,3H2,1-2H3. The van der Waals surface area contributed by atoms with Crippen LogP contribution in [-0.4, -0.2) is 19.1 Å². The summed E-state index contributed by atoms with van der Waals surface area (Å²) in [5.74, 6) is -0.743.